The number of hydrogen-bond acceptors (Lipinski definition) is 4. The van der Waals surface area contributed by atoms with Crippen molar-refractivity contribution in [2.75, 3.05) is 17.6 Å². The van der Waals surface area contributed by atoms with E-state index in [1.165, 1.54) is 0 Å². The summed E-state index contributed by atoms with van der Waals surface area (Å²) in [6.07, 6.45) is 8.91. The summed E-state index contributed by atoms with van der Waals surface area (Å²) in [4.78, 5) is 4.16. The van der Waals surface area contributed by atoms with E-state index in [1.54, 1.807) is 6.20 Å². The molecule has 4 heteroatoms. The van der Waals surface area contributed by atoms with Crippen LogP contribution in [0.5, 0.6) is 0 Å². The molecule has 0 saturated heterocycles. The van der Waals surface area contributed by atoms with E-state index >= 15 is 0 Å². The van der Waals surface area contributed by atoms with Gasteiger partial charge in [0.05, 0.1) is 11.8 Å². The van der Waals surface area contributed by atoms with Crippen LogP contribution < -0.4 is 11.1 Å². The Morgan fingerprint density at radius 3 is 3.11 bits per heavy atom. The molecule has 1 heterocycles. The fourth-order valence-corrected chi connectivity index (χ4v) is 1.90. The zero-order valence-electron chi connectivity index (χ0n) is 10.6. The number of nitrogen functional groups attached to an aromatic ring is 1. The highest BCUT2D eigenvalue weighted by molar-refractivity contribution is 5.63. The topological polar surface area (TPSA) is 71.2 Å². The first kappa shape index (κ1) is 12.6. The summed E-state index contributed by atoms with van der Waals surface area (Å²) in [6, 6.07) is 2.02. The predicted molar refractivity (Wildman–Crippen MR) is 74.4 cm³/mol. The van der Waals surface area contributed by atoms with Gasteiger partial charge in [0.25, 0.3) is 0 Å². The van der Waals surface area contributed by atoms with E-state index in [0.29, 0.717) is 18.8 Å². The largest absolute Gasteiger partial charge is 0.389 e. The molecular weight excluding hydrogens is 226 g/mol. The van der Waals surface area contributed by atoms with Crippen LogP contribution in [0.2, 0.25) is 0 Å². The van der Waals surface area contributed by atoms with Crippen molar-refractivity contribution in [3.8, 4) is 0 Å². The van der Waals surface area contributed by atoms with E-state index in [1.807, 2.05) is 24.3 Å². The minimum atomic E-state index is -0.371. The number of nitrogens with one attached hydrogen (secondary N) is 1. The van der Waals surface area contributed by atoms with E-state index in [0.717, 1.165) is 23.2 Å². The van der Waals surface area contributed by atoms with E-state index in [9.17, 15) is 5.11 Å². The summed E-state index contributed by atoms with van der Waals surface area (Å²) in [5.41, 5.74) is 8.89. The molecule has 18 heavy (non-hydrogen) atoms. The lowest BCUT2D eigenvalue weighted by Gasteiger charge is -2.14. The molecule has 1 aliphatic rings. The Morgan fingerprint density at radius 1 is 1.56 bits per heavy atom. The van der Waals surface area contributed by atoms with Crippen molar-refractivity contribution >= 4 is 11.5 Å². The molecule has 0 saturated carbocycles. The van der Waals surface area contributed by atoms with Crippen molar-refractivity contribution in [1.29, 1.82) is 0 Å². The average molecular weight is 245 g/mol. The summed E-state index contributed by atoms with van der Waals surface area (Å²) in [5.74, 6) is 0.508. The molecule has 1 aromatic rings. The molecule has 4 N–H and O–H groups in total. The number of rotatable bonds is 4. The van der Waals surface area contributed by atoms with Crippen molar-refractivity contribution in [3.05, 3.63) is 41.6 Å². The van der Waals surface area contributed by atoms with Crippen LogP contribution in [0.1, 0.15) is 18.9 Å². The highest BCUT2D eigenvalue weighted by atomic mass is 16.3. The van der Waals surface area contributed by atoms with E-state index in [-0.39, 0.29) is 6.10 Å². The van der Waals surface area contributed by atoms with Crippen LogP contribution in [0.15, 0.2) is 36.1 Å². The molecule has 1 aliphatic carbocycles. The van der Waals surface area contributed by atoms with Gasteiger partial charge in [-0.25, -0.2) is 4.98 Å². The molecule has 4 nitrogen and oxygen atoms in total. The van der Waals surface area contributed by atoms with Gasteiger partial charge < -0.3 is 16.2 Å². The summed E-state index contributed by atoms with van der Waals surface area (Å²) < 4.78 is 0. The quantitative estimate of drug-likeness (QED) is 0.757. The number of hydrogen-bond donors (Lipinski definition) is 3. The van der Waals surface area contributed by atoms with Crippen molar-refractivity contribution in [2.45, 2.75) is 25.9 Å². The van der Waals surface area contributed by atoms with Crippen LogP contribution in [-0.4, -0.2) is 22.7 Å². The second-order valence-electron chi connectivity index (χ2n) is 4.43. The molecule has 1 aromatic heterocycles. The maximum atomic E-state index is 9.52. The number of anilines is 2. The normalized spacial score (nSPS) is 18.6. The first-order chi connectivity index (χ1) is 8.69. The third kappa shape index (κ3) is 3.11. The molecule has 96 valence electrons. The highest BCUT2D eigenvalue weighted by Gasteiger charge is 2.06. The Labute approximate surface area is 107 Å². The van der Waals surface area contributed by atoms with Gasteiger partial charge in [0.2, 0.25) is 0 Å². The van der Waals surface area contributed by atoms with Crippen LogP contribution in [0.3, 0.4) is 0 Å². The van der Waals surface area contributed by atoms with Crippen molar-refractivity contribution in [2.24, 2.45) is 0 Å². The summed E-state index contributed by atoms with van der Waals surface area (Å²) in [6.45, 7) is 2.73. The fraction of sp³-hybridized carbons (Fsp3) is 0.357. The molecule has 0 aliphatic heterocycles. The van der Waals surface area contributed by atoms with Crippen LogP contribution >= 0.6 is 0 Å². The Hall–Kier alpha value is -1.81. The Morgan fingerprint density at radius 2 is 2.39 bits per heavy atom. The number of nitrogens with two attached hydrogens (primary N) is 1. The zero-order chi connectivity index (χ0) is 13.0. The molecule has 0 radical (unpaired) electrons. The molecule has 1 atom stereocenters. The van der Waals surface area contributed by atoms with Crippen LogP contribution in [0.4, 0.5) is 11.5 Å². The maximum Gasteiger partial charge on any atom is 0.146 e. The number of nitrogens with zero attached hydrogens (tertiary/aromatic N) is 1. The van der Waals surface area contributed by atoms with Gasteiger partial charge in [0.15, 0.2) is 0 Å². The number of aromatic nitrogens is 1. The molecular formula is C14H19N3O. The number of pyridine rings is 1. The second-order valence-corrected chi connectivity index (χ2v) is 4.43. The summed E-state index contributed by atoms with van der Waals surface area (Å²) >= 11 is 0. The summed E-state index contributed by atoms with van der Waals surface area (Å²) in [5, 5.41) is 12.8. The molecule has 0 aromatic carbocycles. The minimum absolute atomic E-state index is 0.371. The number of aryl methyl sites for hydroxylation is 1. The monoisotopic (exact) mass is 245 g/mol. The van der Waals surface area contributed by atoms with Gasteiger partial charge >= 0.3 is 0 Å². The highest BCUT2D eigenvalue weighted by Crippen LogP contribution is 2.19. The standard InChI is InChI=1S/C14H19N3O/c1-2-10-7-13(14(15)17-8-10)16-9-11-4-3-5-12(18)6-11/h3-4,6-8,12,16,18H,2,5,9H2,1H3,(H2,15,17). The Kier molecular flexibility index (Phi) is 3.99. The first-order valence-electron chi connectivity index (χ1n) is 6.22. The lowest BCUT2D eigenvalue weighted by atomic mass is 10.0. The smallest absolute Gasteiger partial charge is 0.146 e. The number of aliphatic hydroxyl groups is 1. The van der Waals surface area contributed by atoms with Gasteiger partial charge in [0.1, 0.15) is 5.82 Å². The van der Waals surface area contributed by atoms with Gasteiger partial charge in [-0.15, -0.1) is 0 Å². The van der Waals surface area contributed by atoms with Gasteiger partial charge in [-0.3, -0.25) is 0 Å². The van der Waals surface area contributed by atoms with E-state index < -0.39 is 0 Å². The minimum Gasteiger partial charge on any atom is -0.389 e. The molecule has 1 unspecified atom stereocenters. The zero-order valence-corrected chi connectivity index (χ0v) is 10.6. The molecule has 0 bridgehead atoms. The van der Waals surface area contributed by atoms with Crippen molar-refractivity contribution in [1.82, 2.24) is 4.98 Å². The SMILES string of the molecule is CCc1cnc(N)c(NCC2=CC(O)CC=C2)c1. The second kappa shape index (κ2) is 5.69. The Bertz CT molecular complexity index is 480. The van der Waals surface area contributed by atoms with Crippen molar-refractivity contribution < 1.29 is 5.11 Å². The lowest BCUT2D eigenvalue weighted by Crippen LogP contribution is -2.12. The van der Waals surface area contributed by atoms with Crippen LogP contribution in [0.25, 0.3) is 0 Å². The molecule has 2 rings (SSSR count). The third-order valence-electron chi connectivity index (χ3n) is 2.98. The van der Waals surface area contributed by atoms with Gasteiger partial charge in [-0.2, -0.15) is 0 Å². The fourth-order valence-electron chi connectivity index (χ4n) is 1.90. The van der Waals surface area contributed by atoms with Crippen LogP contribution in [0, 0.1) is 0 Å². The summed E-state index contributed by atoms with van der Waals surface area (Å²) in [7, 11) is 0. The van der Waals surface area contributed by atoms with Gasteiger partial charge in [-0.1, -0.05) is 25.2 Å². The van der Waals surface area contributed by atoms with Gasteiger partial charge in [0, 0.05) is 12.7 Å². The maximum absolute atomic E-state index is 9.52. The molecule has 0 spiro atoms. The lowest BCUT2D eigenvalue weighted by molar-refractivity contribution is 0.224. The Balaban J connectivity index is 2.03. The first-order valence-corrected chi connectivity index (χ1v) is 6.22. The van der Waals surface area contributed by atoms with E-state index in [2.05, 4.69) is 17.2 Å². The van der Waals surface area contributed by atoms with Crippen LogP contribution in [-0.2, 0) is 6.42 Å². The van der Waals surface area contributed by atoms with Gasteiger partial charge in [-0.05, 0) is 30.0 Å². The van der Waals surface area contributed by atoms with E-state index in [4.69, 9.17) is 5.73 Å². The van der Waals surface area contributed by atoms with Crippen molar-refractivity contribution in [3.63, 3.8) is 0 Å². The molecule has 0 fully saturated rings. The average Bonchev–Trinajstić information content (AvgIpc) is 2.38. The third-order valence-corrected chi connectivity index (χ3v) is 2.98. The molecule has 0 amide bonds. The predicted octanol–water partition coefficient (Wildman–Crippen LogP) is 1.89. The number of aliphatic hydroxyl groups excluding tert-OH is 1.